The predicted octanol–water partition coefficient (Wildman–Crippen LogP) is 5.70. The molecule has 0 radical (unpaired) electrons. The van der Waals surface area contributed by atoms with Crippen molar-refractivity contribution in [2.75, 3.05) is 17.4 Å². The van der Waals surface area contributed by atoms with Gasteiger partial charge in [-0.2, -0.15) is 0 Å². The molecule has 0 aliphatic heterocycles. The lowest BCUT2D eigenvalue weighted by molar-refractivity contribution is -0.139. The summed E-state index contributed by atoms with van der Waals surface area (Å²) in [5.41, 5.74) is 1.72. The summed E-state index contributed by atoms with van der Waals surface area (Å²) in [5.74, 6) is -0.962. The van der Waals surface area contributed by atoms with Gasteiger partial charge in [-0.25, -0.2) is 8.42 Å². The number of anilines is 1. The van der Waals surface area contributed by atoms with Gasteiger partial charge >= 0.3 is 0 Å². The van der Waals surface area contributed by atoms with Gasteiger partial charge in [0.05, 0.1) is 20.6 Å². The Morgan fingerprint density at radius 3 is 2.24 bits per heavy atom. The second kappa shape index (κ2) is 12.8. The molecule has 202 valence electrons. The van der Waals surface area contributed by atoms with Crippen molar-refractivity contribution in [2.24, 2.45) is 0 Å². The molecule has 0 aromatic heterocycles. The van der Waals surface area contributed by atoms with E-state index in [-0.39, 0.29) is 33.1 Å². The van der Waals surface area contributed by atoms with Gasteiger partial charge in [-0.15, -0.1) is 0 Å². The molecule has 0 fully saturated rings. The zero-order chi connectivity index (χ0) is 28.0. The van der Waals surface area contributed by atoms with Crippen LogP contribution in [0, 0.1) is 6.92 Å². The Hall–Kier alpha value is -2.78. The highest BCUT2D eigenvalue weighted by Crippen LogP contribution is 2.31. The van der Waals surface area contributed by atoms with E-state index in [1.807, 2.05) is 6.92 Å². The van der Waals surface area contributed by atoms with Crippen LogP contribution in [0.2, 0.25) is 15.1 Å². The van der Waals surface area contributed by atoms with Crippen LogP contribution < -0.4 is 9.62 Å². The summed E-state index contributed by atoms with van der Waals surface area (Å²) in [4.78, 5) is 27.9. The number of likely N-dealkylation sites (N-methyl/N-ethyl adjacent to an activating group) is 1. The molecule has 7 nitrogen and oxygen atoms in total. The monoisotopic (exact) mass is 595 g/mol. The van der Waals surface area contributed by atoms with Gasteiger partial charge in [0, 0.05) is 18.1 Å². The number of carbonyl (C=O) groups is 2. The average Bonchev–Trinajstić information content (AvgIpc) is 2.87. The predicted molar refractivity (Wildman–Crippen MR) is 152 cm³/mol. The molecule has 3 aromatic carbocycles. The summed E-state index contributed by atoms with van der Waals surface area (Å²) in [5, 5.41) is 3.56. The van der Waals surface area contributed by atoms with E-state index in [1.54, 1.807) is 50.2 Å². The van der Waals surface area contributed by atoms with Gasteiger partial charge in [0.1, 0.15) is 12.6 Å². The van der Waals surface area contributed by atoms with E-state index in [9.17, 15) is 18.0 Å². The van der Waals surface area contributed by atoms with Crippen molar-refractivity contribution in [3.05, 3.63) is 92.9 Å². The number of nitrogens with one attached hydrogen (secondary N) is 1. The molecule has 0 spiro atoms. The van der Waals surface area contributed by atoms with E-state index in [2.05, 4.69) is 5.32 Å². The molecule has 0 unspecified atom stereocenters. The molecule has 3 rings (SSSR count). The van der Waals surface area contributed by atoms with Gasteiger partial charge in [0.25, 0.3) is 10.0 Å². The first-order valence-electron chi connectivity index (χ1n) is 11.8. The second-order valence-corrected chi connectivity index (χ2v) is 11.8. The summed E-state index contributed by atoms with van der Waals surface area (Å²) in [7, 11) is -4.20. The van der Waals surface area contributed by atoms with Crippen LogP contribution in [0.25, 0.3) is 0 Å². The summed E-state index contributed by atoms with van der Waals surface area (Å²) >= 11 is 18.4. The minimum Gasteiger partial charge on any atom is -0.355 e. The summed E-state index contributed by atoms with van der Waals surface area (Å²) in [6, 6.07) is 16.6. The minimum absolute atomic E-state index is 0.000128. The van der Waals surface area contributed by atoms with Gasteiger partial charge in [0.15, 0.2) is 0 Å². The molecule has 0 saturated heterocycles. The Bertz CT molecular complexity index is 1420. The first kappa shape index (κ1) is 29.8. The molecule has 1 N–H and O–H groups in total. The number of hydrogen-bond acceptors (Lipinski definition) is 4. The lowest BCUT2D eigenvalue weighted by Crippen LogP contribution is -2.51. The maximum atomic E-state index is 13.8. The molecule has 3 aromatic rings. The topological polar surface area (TPSA) is 86.8 Å². The van der Waals surface area contributed by atoms with Crippen LogP contribution >= 0.6 is 34.8 Å². The Balaban J connectivity index is 2.06. The van der Waals surface area contributed by atoms with Crippen LogP contribution in [0.15, 0.2) is 71.6 Å². The van der Waals surface area contributed by atoms with E-state index >= 15 is 0 Å². The largest absolute Gasteiger partial charge is 0.355 e. The molecule has 2 amide bonds. The number of amides is 2. The molecule has 0 aliphatic carbocycles. The number of carbonyl (C=O) groups excluding carboxylic acids is 2. The molecule has 0 bridgehead atoms. The quantitative estimate of drug-likeness (QED) is 0.325. The third kappa shape index (κ3) is 7.20. The smallest absolute Gasteiger partial charge is 0.264 e. The lowest BCUT2D eigenvalue weighted by atomic mass is 10.1. The van der Waals surface area contributed by atoms with Crippen molar-refractivity contribution in [3.63, 3.8) is 0 Å². The van der Waals surface area contributed by atoms with Crippen LogP contribution in [-0.2, 0) is 26.2 Å². The highest BCUT2D eigenvalue weighted by Gasteiger charge is 2.32. The Kier molecular flexibility index (Phi) is 10.1. The van der Waals surface area contributed by atoms with Crippen molar-refractivity contribution >= 4 is 62.3 Å². The molecule has 38 heavy (non-hydrogen) atoms. The SMILES string of the molecule is CCNC(=O)[C@H](C)N(Cc1cccc(Cl)c1)C(=O)CN(c1ccc(Cl)c(Cl)c1)S(=O)(=O)c1ccc(C)cc1. The third-order valence-electron chi connectivity index (χ3n) is 5.84. The number of nitrogens with zero attached hydrogens (tertiary/aromatic N) is 2. The van der Waals surface area contributed by atoms with Crippen LogP contribution in [0.5, 0.6) is 0 Å². The summed E-state index contributed by atoms with van der Waals surface area (Å²) < 4.78 is 28.5. The van der Waals surface area contributed by atoms with E-state index in [4.69, 9.17) is 34.8 Å². The molecule has 0 aliphatic rings. The maximum Gasteiger partial charge on any atom is 0.264 e. The fourth-order valence-electron chi connectivity index (χ4n) is 3.74. The Labute approximate surface area is 238 Å². The first-order chi connectivity index (χ1) is 17.9. The van der Waals surface area contributed by atoms with Crippen molar-refractivity contribution in [2.45, 2.75) is 38.3 Å². The summed E-state index contributed by atoms with van der Waals surface area (Å²) in [6.07, 6.45) is 0. The normalized spacial score (nSPS) is 12.1. The lowest BCUT2D eigenvalue weighted by Gasteiger charge is -2.32. The number of aryl methyl sites for hydroxylation is 1. The standard InChI is InChI=1S/C27H28Cl3N3O4S/c1-4-31-27(35)19(3)32(16-20-6-5-7-21(28)14-20)26(34)17-33(22-10-13-24(29)25(30)15-22)38(36,37)23-11-8-18(2)9-12-23/h5-15,19H,4,16-17H2,1-3H3,(H,31,35)/t19-/m0/s1. The Morgan fingerprint density at radius 2 is 1.63 bits per heavy atom. The molecule has 11 heteroatoms. The van der Waals surface area contributed by atoms with E-state index in [1.165, 1.54) is 35.2 Å². The van der Waals surface area contributed by atoms with E-state index in [0.29, 0.717) is 17.1 Å². The number of benzene rings is 3. The fourth-order valence-corrected chi connectivity index (χ4v) is 5.65. The summed E-state index contributed by atoms with van der Waals surface area (Å²) in [6.45, 7) is 5.03. The van der Waals surface area contributed by atoms with Gasteiger partial charge in [-0.3, -0.25) is 13.9 Å². The fraction of sp³-hybridized carbons (Fsp3) is 0.259. The average molecular weight is 597 g/mol. The van der Waals surface area contributed by atoms with Gasteiger partial charge in [0.2, 0.25) is 11.8 Å². The zero-order valence-corrected chi connectivity index (χ0v) is 24.2. The van der Waals surface area contributed by atoms with E-state index < -0.39 is 28.5 Å². The van der Waals surface area contributed by atoms with Gasteiger partial charge < -0.3 is 10.2 Å². The molecule has 1 atom stereocenters. The number of halogens is 3. The van der Waals surface area contributed by atoms with Crippen molar-refractivity contribution in [3.8, 4) is 0 Å². The van der Waals surface area contributed by atoms with Crippen molar-refractivity contribution in [1.29, 1.82) is 0 Å². The third-order valence-corrected chi connectivity index (χ3v) is 8.60. The molecular formula is C27H28Cl3N3O4S. The van der Waals surface area contributed by atoms with Crippen LogP contribution in [0.3, 0.4) is 0 Å². The highest BCUT2D eigenvalue weighted by atomic mass is 35.5. The molecular weight excluding hydrogens is 569 g/mol. The molecule has 0 saturated carbocycles. The zero-order valence-electron chi connectivity index (χ0n) is 21.1. The van der Waals surface area contributed by atoms with Crippen LogP contribution in [-0.4, -0.2) is 44.3 Å². The van der Waals surface area contributed by atoms with Gasteiger partial charge in [-0.1, -0.05) is 64.6 Å². The van der Waals surface area contributed by atoms with Gasteiger partial charge in [-0.05, 0) is 68.8 Å². The minimum atomic E-state index is -4.20. The Morgan fingerprint density at radius 1 is 0.947 bits per heavy atom. The maximum absolute atomic E-state index is 13.8. The number of rotatable bonds is 10. The molecule has 0 heterocycles. The first-order valence-corrected chi connectivity index (χ1v) is 14.4. The van der Waals surface area contributed by atoms with Crippen molar-refractivity contribution in [1.82, 2.24) is 10.2 Å². The second-order valence-electron chi connectivity index (χ2n) is 8.65. The van der Waals surface area contributed by atoms with Crippen LogP contribution in [0.1, 0.15) is 25.0 Å². The number of hydrogen-bond donors (Lipinski definition) is 1. The van der Waals surface area contributed by atoms with Crippen LogP contribution in [0.4, 0.5) is 5.69 Å². The van der Waals surface area contributed by atoms with Crippen molar-refractivity contribution < 1.29 is 18.0 Å². The number of sulfonamides is 1. The highest BCUT2D eigenvalue weighted by molar-refractivity contribution is 7.92. The van der Waals surface area contributed by atoms with E-state index in [0.717, 1.165) is 9.87 Å².